The number of anilines is 1. The van der Waals surface area contributed by atoms with Gasteiger partial charge in [-0.2, -0.15) is 13.8 Å². The third-order valence-corrected chi connectivity index (χ3v) is 3.63. The summed E-state index contributed by atoms with van der Waals surface area (Å²) in [5, 5.41) is 1.38. The van der Waals surface area contributed by atoms with Crippen molar-refractivity contribution in [3.8, 4) is 0 Å². The van der Waals surface area contributed by atoms with Gasteiger partial charge in [-0.1, -0.05) is 23.7 Å². The van der Waals surface area contributed by atoms with Crippen LogP contribution in [0.25, 0.3) is 6.08 Å². The summed E-state index contributed by atoms with van der Waals surface area (Å²) in [5.74, 6) is -2.27. The van der Waals surface area contributed by atoms with Gasteiger partial charge in [0, 0.05) is 5.02 Å². The lowest BCUT2D eigenvalue weighted by Gasteiger charge is -2.04. The summed E-state index contributed by atoms with van der Waals surface area (Å²) in [6.45, 7) is 0. The fourth-order valence-corrected chi connectivity index (χ4v) is 2.41. The molecule has 1 aromatic carbocycles. The van der Waals surface area contributed by atoms with Gasteiger partial charge in [0.15, 0.2) is 0 Å². The van der Waals surface area contributed by atoms with E-state index >= 15 is 0 Å². The Hall–Kier alpha value is -1.99. The van der Waals surface area contributed by atoms with E-state index in [9.17, 15) is 17.2 Å². The topological polar surface area (TPSA) is 59.1 Å². The van der Waals surface area contributed by atoms with Gasteiger partial charge in [0.05, 0.1) is 5.41 Å². The van der Waals surface area contributed by atoms with E-state index in [2.05, 4.69) is 4.98 Å². The molecule has 0 unspecified atom stereocenters. The highest BCUT2D eigenvalue weighted by Crippen LogP contribution is 2.15. The monoisotopic (exact) mass is 330 g/mol. The van der Waals surface area contributed by atoms with Gasteiger partial charge in [-0.25, -0.2) is 8.42 Å². The zero-order valence-corrected chi connectivity index (χ0v) is 12.0. The largest absolute Gasteiger partial charge is 0.275 e. The number of hydrogen-bond acceptors (Lipinski definition) is 3. The van der Waals surface area contributed by atoms with Crippen molar-refractivity contribution < 1.29 is 17.2 Å². The lowest BCUT2D eigenvalue weighted by Crippen LogP contribution is -2.11. The quantitative estimate of drug-likeness (QED) is 0.874. The number of hydrogen-bond donors (Lipinski definition) is 1. The molecular formula is C13H9ClF2N2O2S. The first-order chi connectivity index (χ1) is 9.85. The van der Waals surface area contributed by atoms with Crippen LogP contribution in [0.3, 0.4) is 0 Å². The van der Waals surface area contributed by atoms with Crippen molar-refractivity contribution in [3.05, 3.63) is 64.3 Å². The number of rotatable bonds is 4. The summed E-state index contributed by atoms with van der Waals surface area (Å²) in [6, 6.07) is 8.24. The molecule has 0 amide bonds. The molecule has 8 heteroatoms. The maximum absolute atomic E-state index is 13.3. The van der Waals surface area contributed by atoms with Crippen LogP contribution in [-0.2, 0) is 10.0 Å². The van der Waals surface area contributed by atoms with Gasteiger partial charge in [-0.15, -0.1) is 0 Å². The Bertz CT molecular complexity index is 777. The highest BCUT2D eigenvalue weighted by molar-refractivity contribution is 7.95. The number of benzene rings is 1. The van der Waals surface area contributed by atoms with Gasteiger partial charge in [0.25, 0.3) is 10.0 Å². The summed E-state index contributed by atoms with van der Waals surface area (Å²) in [5.41, 5.74) is 0.166. The van der Waals surface area contributed by atoms with E-state index < -0.39 is 27.6 Å². The maximum atomic E-state index is 13.3. The molecule has 1 N–H and O–H groups in total. The summed E-state index contributed by atoms with van der Waals surface area (Å²) < 4.78 is 51.4. The third-order valence-electron chi connectivity index (χ3n) is 2.38. The second-order valence-corrected chi connectivity index (χ2v) is 5.98. The van der Waals surface area contributed by atoms with Crippen molar-refractivity contribution in [2.45, 2.75) is 0 Å². The van der Waals surface area contributed by atoms with Gasteiger partial charge in [0.1, 0.15) is 5.69 Å². The molecule has 0 radical (unpaired) electrons. The summed E-state index contributed by atoms with van der Waals surface area (Å²) >= 11 is 5.71. The summed E-state index contributed by atoms with van der Waals surface area (Å²) in [7, 11) is -3.94. The molecule has 1 heterocycles. The molecule has 0 aliphatic heterocycles. The van der Waals surface area contributed by atoms with Gasteiger partial charge in [0.2, 0.25) is 11.9 Å². The van der Waals surface area contributed by atoms with Gasteiger partial charge < -0.3 is 0 Å². The van der Waals surface area contributed by atoms with Crippen molar-refractivity contribution >= 4 is 33.4 Å². The molecule has 0 aliphatic carbocycles. The first kappa shape index (κ1) is 15.4. The minimum atomic E-state index is -3.94. The second kappa shape index (κ2) is 6.19. The lowest BCUT2D eigenvalue weighted by atomic mass is 10.2. The predicted molar refractivity (Wildman–Crippen MR) is 77.2 cm³/mol. The van der Waals surface area contributed by atoms with Crippen molar-refractivity contribution in [2.75, 3.05) is 4.72 Å². The molecule has 21 heavy (non-hydrogen) atoms. The average Bonchev–Trinajstić information content (AvgIpc) is 2.41. The predicted octanol–water partition coefficient (Wildman–Crippen LogP) is 3.43. The van der Waals surface area contributed by atoms with Gasteiger partial charge >= 0.3 is 0 Å². The molecule has 0 saturated heterocycles. The first-order valence-corrected chi connectivity index (χ1v) is 7.57. The van der Waals surface area contributed by atoms with E-state index in [1.54, 1.807) is 24.3 Å². The Morgan fingerprint density at radius 3 is 2.38 bits per heavy atom. The van der Waals surface area contributed by atoms with Crippen LogP contribution in [0.15, 0.2) is 41.8 Å². The summed E-state index contributed by atoms with van der Waals surface area (Å²) in [6.07, 6.45) is 1.31. The lowest BCUT2D eigenvalue weighted by molar-refractivity contribution is 0.515. The van der Waals surface area contributed by atoms with E-state index in [0.717, 1.165) is 17.5 Å². The molecule has 0 bridgehead atoms. The van der Waals surface area contributed by atoms with Crippen LogP contribution in [0.4, 0.5) is 14.5 Å². The zero-order valence-electron chi connectivity index (χ0n) is 10.4. The molecule has 0 fully saturated rings. The Labute approximate surface area is 125 Å². The smallest absolute Gasteiger partial charge is 0.255 e. The van der Waals surface area contributed by atoms with Gasteiger partial charge in [-0.05, 0) is 35.9 Å². The molecule has 0 aliphatic rings. The normalized spacial score (nSPS) is 11.8. The molecule has 1 aromatic heterocycles. The van der Waals surface area contributed by atoms with Crippen LogP contribution in [-0.4, -0.2) is 13.4 Å². The SMILES string of the molecule is O=S(=O)(/C=C/c1ccc(Cl)cc1)Nc1ccc(F)nc1F. The van der Waals surface area contributed by atoms with Crippen LogP contribution in [0.5, 0.6) is 0 Å². The van der Waals surface area contributed by atoms with E-state index in [1.807, 2.05) is 4.72 Å². The number of nitrogens with one attached hydrogen (secondary N) is 1. The third kappa shape index (κ3) is 4.51. The molecule has 4 nitrogen and oxygen atoms in total. The van der Waals surface area contributed by atoms with Crippen molar-refractivity contribution in [1.29, 1.82) is 0 Å². The number of aromatic nitrogens is 1. The molecule has 110 valence electrons. The first-order valence-electron chi connectivity index (χ1n) is 5.64. The Morgan fingerprint density at radius 1 is 1.10 bits per heavy atom. The van der Waals surface area contributed by atoms with Gasteiger partial charge in [-0.3, -0.25) is 4.72 Å². The average molecular weight is 331 g/mol. The highest BCUT2D eigenvalue weighted by atomic mass is 35.5. The van der Waals surface area contributed by atoms with Crippen molar-refractivity contribution in [3.63, 3.8) is 0 Å². The molecular weight excluding hydrogens is 322 g/mol. The van der Waals surface area contributed by atoms with E-state index in [-0.39, 0.29) is 0 Å². The van der Waals surface area contributed by atoms with Crippen LogP contribution >= 0.6 is 11.6 Å². The number of halogens is 3. The zero-order chi connectivity index (χ0) is 15.5. The van der Waals surface area contributed by atoms with E-state index in [0.29, 0.717) is 10.6 Å². The van der Waals surface area contributed by atoms with E-state index in [4.69, 9.17) is 11.6 Å². The Morgan fingerprint density at radius 2 is 1.76 bits per heavy atom. The molecule has 0 atom stereocenters. The fraction of sp³-hybridized carbons (Fsp3) is 0. The minimum absolute atomic E-state index is 0.433. The standard InChI is InChI=1S/C13H9ClF2N2O2S/c14-10-3-1-9(2-4-10)7-8-21(19,20)18-11-5-6-12(15)17-13(11)16/h1-8,18H/b8-7+. The van der Waals surface area contributed by atoms with Crippen LogP contribution < -0.4 is 4.72 Å². The van der Waals surface area contributed by atoms with Crippen LogP contribution in [0.2, 0.25) is 5.02 Å². The Balaban J connectivity index is 2.16. The van der Waals surface area contributed by atoms with E-state index in [1.165, 1.54) is 6.08 Å². The Kier molecular flexibility index (Phi) is 4.54. The maximum Gasteiger partial charge on any atom is 0.255 e. The number of nitrogens with zero attached hydrogens (tertiary/aromatic N) is 1. The number of sulfonamides is 1. The van der Waals surface area contributed by atoms with Crippen molar-refractivity contribution in [1.82, 2.24) is 4.98 Å². The molecule has 2 aromatic rings. The summed E-state index contributed by atoms with van der Waals surface area (Å²) in [4.78, 5) is 2.89. The fourth-order valence-electron chi connectivity index (χ4n) is 1.42. The van der Waals surface area contributed by atoms with Crippen LogP contribution in [0, 0.1) is 11.9 Å². The van der Waals surface area contributed by atoms with Crippen molar-refractivity contribution in [2.24, 2.45) is 0 Å². The second-order valence-electron chi connectivity index (χ2n) is 3.97. The highest BCUT2D eigenvalue weighted by Gasteiger charge is 2.11. The molecule has 0 spiro atoms. The molecule has 2 rings (SSSR count). The number of pyridine rings is 1. The van der Waals surface area contributed by atoms with Crippen LogP contribution in [0.1, 0.15) is 5.56 Å². The minimum Gasteiger partial charge on any atom is -0.275 e. The molecule has 0 saturated carbocycles.